The monoisotopic (exact) mass is 271 g/mol. The van der Waals surface area contributed by atoms with E-state index in [0.29, 0.717) is 5.65 Å². The molecule has 0 aliphatic carbocycles. The first-order chi connectivity index (χ1) is 9.00. The average Bonchev–Trinajstić information content (AvgIpc) is 2.73. The number of fused-ring (bicyclic) bond motifs is 1. The summed E-state index contributed by atoms with van der Waals surface area (Å²) in [6, 6.07) is 4.88. The van der Waals surface area contributed by atoms with E-state index in [9.17, 15) is 13.6 Å². The van der Waals surface area contributed by atoms with Crippen LogP contribution in [0.5, 0.6) is 0 Å². The van der Waals surface area contributed by atoms with Crippen molar-refractivity contribution in [2.24, 2.45) is 0 Å². The molecule has 0 amide bonds. The number of aliphatic hydroxyl groups is 1. The molecule has 3 N–H and O–H groups in total. The first-order valence-corrected chi connectivity index (χ1v) is 5.41. The topological polar surface area (TPSA) is 86.9 Å². The van der Waals surface area contributed by atoms with E-state index in [1.165, 1.54) is 10.6 Å². The minimum Gasteiger partial charge on any atom is -0.476 e. The number of anilines is 1. The number of hydrogen-bond donors (Lipinski definition) is 3. The number of aromatic carboxylic acids is 1. The lowest BCUT2D eigenvalue weighted by Crippen LogP contribution is -2.27. The SMILES string of the molecule is O=C(O)c1c(NCC(O)C(F)F)nc2ccccn12. The van der Waals surface area contributed by atoms with Crippen LogP contribution in [0.2, 0.25) is 0 Å². The van der Waals surface area contributed by atoms with E-state index in [1.54, 1.807) is 18.2 Å². The number of imidazole rings is 1. The number of carboxylic acid groups (broad SMARTS) is 1. The molecule has 0 saturated heterocycles. The molecule has 0 radical (unpaired) electrons. The predicted molar refractivity (Wildman–Crippen MR) is 62.7 cm³/mol. The fourth-order valence-corrected chi connectivity index (χ4v) is 1.61. The molecule has 6 nitrogen and oxygen atoms in total. The number of aliphatic hydroxyl groups excluding tert-OH is 1. The van der Waals surface area contributed by atoms with Crippen LogP contribution in [0, 0.1) is 0 Å². The van der Waals surface area contributed by atoms with E-state index in [2.05, 4.69) is 10.3 Å². The van der Waals surface area contributed by atoms with Crippen LogP contribution in [-0.4, -0.2) is 44.6 Å². The molecular weight excluding hydrogens is 260 g/mol. The maximum atomic E-state index is 12.2. The Bertz CT molecular complexity index is 600. The van der Waals surface area contributed by atoms with E-state index in [4.69, 9.17) is 10.2 Å². The molecule has 0 aromatic carbocycles. The van der Waals surface area contributed by atoms with Gasteiger partial charge >= 0.3 is 5.97 Å². The number of halogens is 2. The Hall–Kier alpha value is -2.22. The highest BCUT2D eigenvalue weighted by Crippen LogP contribution is 2.17. The third-order valence-electron chi connectivity index (χ3n) is 2.50. The largest absolute Gasteiger partial charge is 0.476 e. The first-order valence-electron chi connectivity index (χ1n) is 5.41. The van der Waals surface area contributed by atoms with Gasteiger partial charge in [-0.1, -0.05) is 6.07 Å². The molecule has 0 saturated carbocycles. The number of carboxylic acids is 1. The van der Waals surface area contributed by atoms with Gasteiger partial charge in [-0.05, 0) is 12.1 Å². The molecule has 1 atom stereocenters. The first kappa shape index (κ1) is 13.2. The van der Waals surface area contributed by atoms with Gasteiger partial charge < -0.3 is 15.5 Å². The molecule has 0 aliphatic heterocycles. The zero-order valence-electron chi connectivity index (χ0n) is 9.62. The van der Waals surface area contributed by atoms with Crippen LogP contribution < -0.4 is 5.32 Å². The standard InChI is InChI=1S/C11H11F2N3O3/c12-9(13)6(17)5-14-10-8(11(18)19)16-4-2-1-3-7(16)15-10/h1-4,6,9,14,17H,5H2,(H,18,19). The maximum Gasteiger partial charge on any atom is 0.356 e. The highest BCUT2D eigenvalue weighted by Gasteiger charge is 2.21. The Kier molecular flexibility index (Phi) is 3.61. The van der Waals surface area contributed by atoms with E-state index >= 15 is 0 Å². The van der Waals surface area contributed by atoms with E-state index < -0.39 is 25.0 Å². The summed E-state index contributed by atoms with van der Waals surface area (Å²) in [5, 5.41) is 20.5. The summed E-state index contributed by atoms with van der Waals surface area (Å²) in [5.41, 5.74) is 0.200. The number of nitrogens with one attached hydrogen (secondary N) is 1. The van der Waals surface area contributed by atoms with Crippen molar-refractivity contribution in [3.63, 3.8) is 0 Å². The minimum absolute atomic E-state index is 0.0570. The third-order valence-corrected chi connectivity index (χ3v) is 2.50. The number of alkyl halides is 2. The molecule has 2 rings (SSSR count). The molecule has 0 fully saturated rings. The van der Waals surface area contributed by atoms with Gasteiger partial charge in [-0.3, -0.25) is 4.40 Å². The summed E-state index contributed by atoms with van der Waals surface area (Å²) in [7, 11) is 0. The Morgan fingerprint density at radius 1 is 1.47 bits per heavy atom. The van der Waals surface area contributed by atoms with E-state index in [1.807, 2.05) is 0 Å². The molecule has 0 aliphatic rings. The van der Waals surface area contributed by atoms with Crippen LogP contribution in [0.1, 0.15) is 10.5 Å². The van der Waals surface area contributed by atoms with Crippen molar-refractivity contribution in [1.82, 2.24) is 9.38 Å². The van der Waals surface area contributed by atoms with Gasteiger partial charge in [0, 0.05) is 12.7 Å². The normalized spacial score (nSPS) is 12.8. The zero-order valence-corrected chi connectivity index (χ0v) is 9.62. The summed E-state index contributed by atoms with van der Waals surface area (Å²) in [5.74, 6) is -1.30. The van der Waals surface area contributed by atoms with Crippen LogP contribution in [0.4, 0.5) is 14.6 Å². The summed E-state index contributed by atoms with van der Waals surface area (Å²) in [6.45, 7) is -0.484. The number of aromatic nitrogens is 2. The molecule has 2 aromatic rings. The van der Waals surface area contributed by atoms with Gasteiger partial charge in [0.1, 0.15) is 11.8 Å². The summed E-state index contributed by atoms with van der Waals surface area (Å²) < 4.78 is 25.6. The van der Waals surface area contributed by atoms with Crippen LogP contribution in [-0.2, 0) is 0 Å². The Balaban J connectivity index is 2.32. The molecule has 2 heterocycles. The van der Waals surface area contributed by atoms with Gasteiger partial charge in [-0.2, -0.15) is 0 Å². The van der Waals surface area contributed by atoms with Crippen molar-refractivity contribution < 1.29 is 23.8 Å². The Labute approximate surface area is 106 Å². The van der Waals surface area contributed by atoms with Crippen molar-refractivity contribution in [2.75, 3.05) is 11.9 Å². The molecule has 0 bridgehead atoms. The van der Waals surface area contributed by atoms with E-state index in [0.717, 1.165) is 0 Å². The van der Waals surface area contributed by atoms with Gasteiger partial charge in [0.05, 0.1) is 0 Å². The second kappa shape index (κ2) is 5.19. The number of nitrogens with zero attached hydrogens (tertiary/aromatic N) is 2. The summed E-state index contributed by atoms with van der Waals surface area (Å²) in [4.78, 5) is 15.1. The van der Waals surface area contributed by atoms with Crippen LogP contribution in [0.3, 0.4) is 0 Å². The fraction of sp³-hybridized carbons (Fsp3) is 0.273. The van der Waals surface area contributed by atoms with Crippen molar-refractivity contribution in [3.05, 3.63) is 30.1 Å². The highest BCUT2D eigenvalue weighted by molar-refractivity contribution is 5.92. The van der Waals surface area contributed by atoms with Crippen LogP contribution >= 0.6 is 0 Å². The quantitative estimate of drug-likeness (QED) is 0.757. The molecule has 2 aromatic heterocycles. The number of pyridine rings is 1. The second-order valence-electron chi connectivity index (χ2n) is 3.83. The average molecular weight is 271 g/mol. The molecule has 1 unspecified atom stereocenters. The molecule has 0 spiro atoms. The Morgan fingerprint density at radius 3 is 2.84 bits per heavy atom. The van der Waals surface area contributed by atoms with Crippen molar-refractivity contribution in [3.8, 4) is 0 Å². The van der Waals surface area contributed by atoms with Gasteiger partial charge in [0.15, 0.2) is 11.5 Å². The Morgan fingerprint density at radius 2 is 2.21 bits per heavy atom. The van der Waals surface area contributed by atoms with Gasteiger partial charge in [-0.25, -0.2) is 18.6 Å². The van der Waals surface area contributed by atoms with Gasteiger partial charge in [0.2, 0.25) is 0 Å². The zero-order chi connectivity index (χ0) is 14.0. The highest BCUT2D eigenvalue weighted by atomic mass is 19.3. The molecule has 19 heavy (non-hydrogen) atoms. The lowest BCUT2D eigenvalue weighted by molar-refractivity contribution is 0.00380. The third kappa shape index (κ3) is 2.63. The number of rotatable bonds is 5. The van der Waals surface area contributed by atoms with Crippen molar-refractivity contribution >= 4 is 17.4 Å². The maximum absolute atomic E-state index is 12.2. The van der Waals surface area contributed by atoms with Crippen LogP contribution in [0.25, 0.3) is 5.65 Å². The minimum atomic E-state index is -2.90. The van der Waals surface area contributed by atoms with E-state index in [-0.39, 0.29) is 11.5 Å². The number of hydrogen-bond acceptors (Lipinski definition) is 4. The fourth-order valence-electron chi connectivity index (χ4n) is 1.61. The number of carbonyl (C=O) groups is 1. The van der Waals surface area contributed by atoms with Gasteiger partial charge in [0.25, 0.3) is 6.43 Å². The molecular formula is C11H11F2N3O3. The summed E-state index contributed by atoms with van der Waals surface area (Å²) in [6.07, 6.45) is -3.29. The predicted octanol–water partition coefficient (Wildman–Crippen LogP) is 1.07. The molecule has 8 heteroatoms. The molecule has 102 valence electrons. The smallest absolute Gasteiger partial charge is 0.356 e. The summed E-state index contributed by atoms with van der Waals surface area (Å²) >= 11 is 0. The lowest BCUT2D eigenvalue weighted by Gasteiger charge is -2.10. The van der Waals surface area contributed by atoms with Crippen molar-refractivity contribution in [1.29, 1.82) is 0 Å². The van der Waals surface area contributed by atoms with Crippen molar-refractivity contribution in [2.45, 2.75) is 12.5 Å². The second-order valence-corrected chi connectivity index (χ2v) is 3.83. The lowest BCUT2D eigenvalue weighted by atomic mass is 10.3. The van der Waals surface area contributed by atoms with Crippen LogP contribution in [0.15, 0.2) is 24.4 Å². The van der Waals surface area contributed by atoms with Gasteiger partial charge in [-0.15, -0.1) is 0 Å².